The molecule has 6 heteroatoms. The lowest BCUT2D eigenvalue weighted by molar-refractivity contribution is 1.17. The Balaban J connectivity index is 1.71. The van der Waals surface area contributed by atoms with E-state index in [4.69, 9.17) is 4.98 Å². The largest absolute Gasteiger partial charge is 0.268 e. The van der Waals surface area contributed by atoms with Gasteiger partial charge in [-0.1, -0.05) is 86.1 Å². The van der Waals surface area contributed by atoms with Crippen LogP contribution in [0.25, 0.3) is 81.3 Å². The smallest absolute Gasteiger partial charge is 0.265 e. The summed E-state index contributed by atoms with van der Waals surface area (Å²) in [6, 6.07) is 16.1. The van der Waals surface area contributed by atoms with Crippen molar-refractivity contribution in [1.29, 1.82) is 0 Å². The highest BCUT2D eigenvalue weighted by molar-refractivity contribution is 6.91. The van der Waals surface area contributed by atoms with Crippen LogP contribution in [-0.4, -0.2) is 30.5 Å². The fourth-order valence-corrected chi connectivity index (χ4v) is 10.9. The molecule has 0 radical (unpaired) electrons. The first kappa shape index (κ1) is 22.9. The highest BCUT2D eigenvalue weighted by Gasteiger charge is 2.32. The zero-order chi connectivity index (χ0) is 27.6. The van der Waals surface area contributed by atoms with Crippen LogP contribution < -0.4 is 15.9 Å². The predicted octanol–water partition coefficient (Wildman–Crippen LogP) is 7.31. The molecule has 194 valence electrons. The Labute approximate surface area is 232 Å². The molecule has 9 aromatic rings. The van der Waals surface area contributed by atoms with E-state index < -0.39 is 16.1 Å². The molecule has 0 aliphatic carbocycles. The van der Waals surface area contributed by atoms with Gasteiger partial charge in [0, 0.05) is 11.1 Å². The summed E-state index contributed by atoms with van der Waals surface area (Å²) in [6.07, 6.45) is 1.81. The third kappa shape index (κ3) is 2.47. The SMILES string of the molecule is Cc1cc2nc3c4c5cc([Si](C)(C)C)c6ccc7ccc8c([Si](C)(C)C)cc(c4c(=O)n3c2cn1)c1c8c7c6c51. The van der Waals surface area contributed by atoms with Gasteiger partial charge in [0.15, 0.2) is 0 Å². The van der Waals surface area contributed by atoms with Crippen LogP contribution in [0.2, 0.25) is 39.3 Å². The minimum absolute atomic E-state index is 0.0266. The Morgan fingerprint density at radius 1 is 0.650 bits per heavy atom. The molecule has 3 aromatic heterocycles. The van der Waals surface area contributed by atoms with E-state index in [0.717, 1.165) is 38.5 Å². The normalized spacial score (nSPS) is 14.0. The summed E-state index contributed by atoms with van der Waals surface area (Å²) in [7, 11) is -3.50. The van der Waals surface area contributed by atoms with E-state index in [0.29, 0.717) is 0 Å². The van der Waals surface area contributed by atoms with E-state index in [-0.39, 0.29) is 5.56 Å². The monoisotopic (exact) mass is 551 g/mol. The number of rotatable bonds is 2. The van der Waals surface area contributed by atoms with E-state index in [1.54, 1.807) is 0 Å². The molecule has 3 heterocycles. The van der Waals surface area contributed by atoms with Crippen LogP contribution in [0.1, 0.15) is 5.69 Å². The number of hydrogen-bond donors (Lipinski definition) is 0. The Morgan fingerprint density at radius 2 is 1.20 bits per heavy atom. The van der Waals surface area contributed by atoms with Gasteiger partial charge in [0.05, 0.1) is 38.8 Å². The van der Waals surface area contributed by atoms with E-state index in [9.17, 15) is 4.79 Å². The number of aryl methyl sites for hydroxylation is 1. The molecular weight excluding hydrogens is 523 g/mol. The average molecular weight is 552 g/mol. The second kappa shape index (κ2) is 6.70. The van der Waals surface area contributed by atoms with E-state index >= 15 is 0 Å². The summed E-state index contributed by atoms with van der Waals surface area (Å²) in [5.74, 6) is 0. The standard InChI is InChI=1S/C34H29N3OSi2/c1-16-12-22-23(15-35-16)37-33(36-22)31-20-13-24(39(2,3)4)18-10-8-17-9-11-19-25(40(5,6)7)14-21(32(31)34(37)38)30-28(19)26(17)27(18)29(20)30/h8-15H,1-7H3. The van der Waals surface area contributed by atoms with Crippen molar-refractivity contribution < 1.29 is 0 Å². The zero-order valence-electron chi connectivity index (χ0n) is 23.9. The molecule has 0 spiro atoms. The number of fused-ring (bicyclic) bond motifs is 7. The minimum atomic E-state index is -1.76. The Bertz CT molecular complexity index is 2580. The fourth-order valence-electron chi connectivity index (χ4n) is 7.69. The molecule has 4 nitrogen and oxygen atoms in total. The maximum Gasteiger partial charge on any atom is 0.265 e. The summed E-state index contributed by atoms with van der Waals surface area (Å²) in [5.41, 5.74) is 3.33. The predicted molar refractivity (Wildman–Crippen MR) is 177 cm³/mol. The number of imidazole rings is 1. The van der Waals surface area contributed by atoms with Crippen molar-refractivity contribution in [3.8, 4) is 0 Å². The molecule has 0 saturated carbocycles. The molecule has 0 fully saturated rings. The van der Waals surface area contributed by atoms with Gasteiger partial charge in [0.2, 0.25) is 0 Å². The molecule has 0 aliphatic heterocycles. The quantitative estimate of drug-likeness (QED) is 0.167. The van der Waals surface area contributed by atoms with Crippen molar-refractivity contribution >= 4 is 108 Å². The average Bonchev–Trinajstić information content (AvgIpc) is 3.52. The molecule has 9 rings (SSSR count). The van der Waals surface area contributed by atoms with Crippen LogP contribution in [0.3, 0.4) is 0 Å². The van der Waals surface area contributed by atoms with Crippen LogP contribution in [-0.2, 0) is 0 Å². The number of benzene rings is 5. The second-order valence-corrected chi connectivity index (χ2v) is 24.0. The van der Waals surface area contributed by atoms with Gasteiger partial charge in [-0.2, -0.15) is 0 Å². The maximum atomic E-state index is 14.5. The van der Waals surface area contributed by atoms with Gasteiger partial charge >= 0.3 is 0 Å². The van der Waals surface area contributed by atoms with E-state index in [2.05, 4.69) is 80.7 Å². The van der Waals surface area contributed by atoms with E-state index in [1.165, 1.54) is 58.8 Å². The molecular formula is C34H29N3OSi2. The summed E-state index contributed by atoms with van der Waals surface area (Å²) in [4.78, 5) is 24.2. The van der Waals surface area contributed by atoms with Crippen molar-refractivity contribution in [2.24, 2.45) is 0 Å². The lowest BCUT2D eigenvalue weighted by atomic mass is 9.95. The van der Waals surface area contributed by atoms with E-state index in [1.807, 2.05) is 23.6 Å². The molecule has 0 saturated heterocycles. The molecule has 0 N–H and O–H groups in total. The highest BCUT2D eigenvalue weighted by Crippen LogP contribution is 2.50. The Morgan fingerprint density at radius 3 is 1.77 bits per heavy atom. The fraction of sp³-hybridized carbons (Fsp3) is 0.206. The maximum absolute atomic E-state index is 14.5. The van der Waals surface area contributed by atoms with Gasteiger partial charge in [-0.15, -0.1) is 0 Å². The Hall–Kier alpha value is -3.88. The summed E-state index contributed by atoms with van der Waals surface area (Å²) in [5, 5.41) is 17.7. The Kier molecular flexibility index (Phi) is 3.83. The van der Waals surface area contributed by atoms with Crippen molar-refractivity contribution in [1.82, 2.24) is 14.4 Å². The van der Waals surface area contributed by atoms with Crippen LogP contribution in [0.4, 0.5) is 0 Å². The molecule has 0 aliphatic rings. The zero-order valence-corrected chi connectivity index (χ0v) is 25.9. The third-order valence-electron chi connectivity index (χ3n) is 9.36. The number of nitrogens with zero attached hydrogens (tertiary/aromatic N) is 3. The van der Waals surface area contributed by atoms with Gasteiger partial charge in [-0.05, 0) is 66.9 Å². The molecule has 40 heavy (non-hydrogen) atoms. The molecule has 0 atom stereocenters. The van der Waals surface area contributed by atoms with Gasteiger partial charge in [-0.3, -0.25) is 14.2 Å². The van der Waals surface area contributed by atoms with Gasteiger partial charge in [-0.25, -0.2) is 4.98 Å². The van der Waals surface area contributed by atoms with Crippen LogP contribution in [0, 0.1) is 6.92 Å². The lowest BCUT2D eigenvalue weighted by Crippen LogP contribution is -2.38. The summed E-state index contributed by atoms with van der Waals surface area (Å²) >= 11 is 0. The van der Waals surface area contributed by atoms with Crippen molar-refractivity contribution in [3.05, 3.63) is 64.7 Å². The number of pyridine rings is 1. The lowest BCUT2D eigenvalue weighted by Gasteiger charge is -2.21. The van der Waals surface area contributed by atoms with Crippen molar-refractivity contribution in [2.45, 2.75) is 46.2 Å². The number of hydrogen-bond acceptors (Lipinski definition) is 3. The first-order valence-electron chi connectivity index (χ1n) is 14.1. The van der Waals surface area contributed by atoms with Gasteiger partial charge < -0.3 is 0 Å². The molecule has 0 amide bonds. The minimum Gasteiger partial charge on any atom is -0.268 e. The van der Waals surface area contributed by atoms with Crippen LogP contribution >= 0.6 is 0 Å². The topological polar surface area (TPSA) is 47.3 Å². The first-order valence-corrected chi connectivity index (χ1v) is 21.1. The van der Waals surface area contributed by atoms with Gasteiger partial charge in [0.1, 0.15) is 5.65 Å². The summed E-state index contributed by atoms with van der Waals surface area (Å²) < 4.78 is 1.83. The van der Waals surface area contributed by atoms with Crippen molar-refractivity contribution in [2.75, 3.05) is 0 Å². The molecule has 0 bridgehead atoms. The first-order chi connectivity index (χ1) is 18.9. The molecule has 6 aromatic carbocycles. The van der Waals surface area contributed by atoms with Gasteiger partial charge in [0.25, 0.3) is 5.56 Å². The third-order valence-corrected chi connectivity index (χ3v) is 13.4. The highest BCUT2D eigenvalue weighted by atomic mass is 28.3. The molecule has 0 unspecified atom stereocenters. The van der Waals surface area contributed by atoms with Crippen LogP contribution in [0.5, 0.6) is 0 Å². The van der Waals surface area contributed by atoms with Crippen LogP contribution in [0.15, 0.2) is 53.5 Å². The summed E-state index contributed by atoms with van der Waals surface area (Å²) in [6.45, 7) is 16.5. The second-order valence-electron chi connectivity index (χ2n) is 13.9. The number of aromatic nitrogens is 3. The van der Waals surface area contributed by atoms with Crippen molar-refractivity contribution in [3.63, 3.8) is 0 Å².